The highest BCUT2D eigenvalue weighted by molar-refractivity contribution is 5.78. The van der Waals surface area contributed by atoms with Gasteiger partial charge in [0.1, 0.15) is 11.9 Å². The smallest absolute Gasteiger partial charge is 0.227 e. The fraction of sp³-hybridized carbons (Fsp3) is 0.367. The van der Waals surface area contributed by atoms with Crippen LogP contribution in [-0.2, 0) is 35.3 Å². The molecule has 0 saturated carbocycles. The summed E-state index contributed by atoms with van der Waals surface area (Å²) in [4.78, 5) is 15.1. The summed E-state index contributed by atoms with van der Waals surface area (Å²) in [6, 6.07) is 20.4. The lowest BCUT2D eigenvalue weighted by atomic mass is 10.1. The second-order valence-corrected chi connectivity index (χ2v) is 9.61. The Labute approximate surface area is 211 Å². The third kappa shape index (κ3) is 5.88. The first-order chi connectivity index (χ1) is 17.6. The van der Waals surface area contributed by atoms with Crippen molar-refractivity contribution in [3.8, 4) is 11.5 Å². The van der Waals surface area contributed by atoms with Gasteiger partial charge in [0.05, 0.1) is 19.6 Å². The van der Waals surface area contributed by atoms with Crippen molar-refractivity contribution in [3.63, 3.8) is 0 Å². The van der Waals surface area contributed by atoms with Crippen molar-refractivity contribution in [3.05, 3.63) is 94.8 Å². The lowest BCUT2D eigenvalue weighted by Crippen LogP contribution is -2.37. The Kier molecular flexibility index (Phi) is 7.52. The summed E-state index contributed by atoms with van der Waals surface area (Å²) >= 11 is 0. The van der Waals surface area contributed by atoms with Crippen molar-refractivity contribution in [2.75, 3.05) is 20.3 Å². The summed E-state index contributed by atoms with van der Waals surface area (Å²) in [7, 11) is 1.64. The molecule has 1 fully saturated rings. The van der Waals surface area contributed by atoms with E-state index in [4.69, 9.17) is 14.2 Å². The average molecular weight is 490 g/mol. The number of amides is 1. The summed E-state index contributed by atoms with van der Waals surface area (Å²) in [5.41, 5.74) is 4.42. The molecule has 1 heterocycles. The van der Waals surface area contributed by atoms with Crippen LogP contribution >= 0.6 is 0 Å². The molecule has 1 atom stereocenters. The first kappa shape index (κ1) is 24.3. The summed E-state index contributed by atoms with van der Waals surface area (Å²) in [6.45, 7) is 1.70. The Bertz CT molecular complexity index is 1160. The van der Waals surface area contributed by atoms with Crippen LogP contribution in [0.3, 0.4) is 0 Å². The Morgan fingerprint density at radius 1 is 1.00 bits per heavy atom. The number of hydrogen-bond acceptors (Lipinski definition) is 4. The number of fused-ring (bicyclic) bond motifs is 1. The second-order valence-electron chi connectivity index (χ2n) is 9.61. The van der Waals surface area contributed by atoms with Gasteiger partial charge in [0.25, 0.3) is 0 Å². The molecule has 5 rings (SSSR count). The fourth-order valence-electron chi connectivity index (χ4n) is 5.09. The molecule has 1 amide bonds. The molecule has 1 aliphatic heterocycles. The molecule has 0 radical (unpaired) electrons. The second kappa shape index (κ2) is 11.1. The van der Waals surface area contributed by atoms with Gasteiger partial charge in [0, 0.05) is 32.5 Å². The van der Waals surface area contributed by atoms with Crippen LogP contribution in [0.1, 0.15) is 35.1 Å². The van der Waals surface area contributed by atoms with E-state index in [9.17, 15) is 9.18 Å². The van der Waals surface area contributed by atoms with Gasteiger partial charge < -0.3 is 19.1 Å². The van der Waals surface area contributed by atoms with Crippen LogP contribution in [0, 0.1) is 5.82 Å². The number of hydrogen-bond donors (Lipinski definition) is 0. The molecule has 0 spiro atoms. The van der Waals surface area contributed by atoms with E-state index in [1.807, 2.05) is 23.1 Å². The SMILES string of the molecule is COc1cc(CN(C[C@@H]2CCCO2)C(=O)Cc2ccc(F)cc2)ccc1OC1Cc2ccccc2C1. The number of benzene rings is 3. The Morgan fingerprint density at radius 3 is 2.39 bits per heavy atom. The first-order valence-electron chi connectivity index (χ1n) is 12.6. The van der Waals surface area contributed by atoms with E-state index in [2.05, 4.69) is 24.3 Å². The van der Waals surface area contributed by atoms with Gasteiger partial charge in [0.15, 0.2) is 11.5 Å². The number of carbonyl (C=O) groups is 1. The standard InChI is InChI=1S/C30H32FNO4/c1-34-29-15-22(10-13-28(29)36-27-17-23-5-2-3-6-24(23)18-27)19-32(20-26-7-4-14-35-26)30(33)16-21-8-11-25(31)12-9-21/h2-3,5-6,8-13,15,26-27H,4,7,14,16-20H2,1H3/t26-/m0/s1. The Morgan fingerprint density at radius 2 is 1.72 bits per heavy atom. The molecule has 3 aromatic rings. The predicted octanol–water partition coefficient (Wildman–Crippen LogP) is 5.13. The van der Waals surface area contributed by atoms with Crippen LogP contribution in [0.2, 0.25) is 0 Å². The Balaban J connectivity index is 1.28. The number of halogens is 1. The molecule has 3 aromatic carbocycles. The zero-order chi connectivity index (χ0) is 24.9. The minimum Gasteiger partial charge on any atom is -0.493 e. The molecule has 0 unspecified atom stereocenters. The van der Waals surface area contributed by atoms with Gasteiger partial charge >= 0.3 is 0 Å². The number of rotatable bonds is 9. The largest absolute Gasteiger partial charge is 0.493 e. The van der Waals surface area contributed by atoms with Crippen LogP contribution in [0.4, 0.5) is 4.39 Å². The molecule has 0 aromatic heterocycles. The predicted molar refractivity (Wildman–Crippen MR) is 136 cm³/mol. The molecule has 0 N–H and O–H groups in total. The van der Waals surface area contributed by atoms with E-state index < -0.39 is 0 Å². The molecule has 0 bridgehead atoms. The quantitative estimate of drug-likeness (QED) is 0.418. The van der Waals surface area contributed by atoms with E-state index in [-0.39, 0.29) is 30.4 Å². The minimum atomic E-state index is -0.307. The summed E-state index contributed by atoms with van der Waals surface area (Å²) < 4.78 is 31.1. The first-order valence-corrected chi connectivity index (χ1v) is 12.6. The van der Waals surface area contributed by atoms with Gasteiger partial charge in [-0.1, -0.05) is 42.5 Å². The zero-order valence-electron chi connectivity index (χ0n) is 20.6. The monoisotopic (exact) mass is 489 g/mol. The lowest BCUT2D eigenvalue weighted by Gasteiger charge is -2.26. The van der Waals surface area contributed by atoms with Crippen LogP contribution < -0.4 is 9.47 Å². The molecular weight excluding hydrogens is 457 g/mol. The molecule has 188 valence electrons. The molecule has 1 aliphatic carbocycles. The maximum atomic E-state index is 13.3. The zero-order valence-corrected chi connectivity index (χ0v) is 20.6. The van der Waals surface area contributed by atoms with Crippen LogP contribution in [0.25, 0.3) is 0 Å². The van der Waals surface area contributed by atoms with Crippen molar-refractivity contribution < 1.29 is 23.4 Å². The van der Waals surface area contributed by atoms with Gasteiger partial charge in [-0.2, -0.15) is 0 Å². The molecule has 1 saturated heterocycles. The number of carbonyl (C=O) groups excluding carboxylic acids is 1. The number of nitrogens with zero attached hydrogens (tertiary/aromatic N) is 1. The van der Waals surface area contributed by atoms with Crippen LogP contribution in [0.5, 0.6) is 11.5 Å². The van der Waals surface area contributed by atoms with E-state index in [0.29, 0.717) is 24.6 Å². The summed E-state index contributed by atoms with van der Waals surface area (Å²) in [5.74, 6) is 1.05. The highest BCUT2D eigenvalue weighted by Crippen LogP contribution is 2.33. The molecule has 36 heavy (non-hydrogen) atoms. The third-order valence-electron chi connectivity index (χ3n) is 6.98. The van der Waals surface area contributed by atoms with Crippen molar-refractivity contribution in [2.45, 2.75) is 50.9 Å². The average Bonchev–Trinajstić information content (AvgIpc) is 3.55. The number of ether oxygens (including phenoxy) is 3. The molecule has 6 heteroatoms. The number of methoxy groups -OCH3 is 1. The van der Waals surface area contributed by atoms with E-state index >= 15 is 0 Å². The molecule has 2 aliphatic rings. The van der Waals surface area contributed by atoms with Gasteiger partial charge in [-0.05, 0) is 59.4 Å². The van der Waals surface area contributed by atoms with Gasteiger partial charge in [-0.3, -0.25) is 4.79 Å². The Hall–Kier alpha value is -3.38. The van der Waals surface area contributed by atoms with Crippen LogP contribution in [-0.4, -0.2) is 43.3 Å². The maximum Gasteiger partial charge on any atom is 0.227 e. The third-order valence-corrected chi connectivity index (χ3v) is 6.98. The summed E-state index contributed by atoms with van der Waals surface area (Å²) in [6.07, 6.45) is 4.05. The van der Waals surface area contributed by atoms with Crippen molar-refractivity contribution >= 4 is 5.91 Å². The normalized spacial score (nSPS) is 17.1. The topological polar surface area (TPSA) is 48.0 Å². The van der Waals surface area contributed by atoms with Crippen molar-refractivity contribution in [1.82, 2.24) is 4.90 Å². The molecule has 5 nitrogen and oxygen atoms in total. The summed E-state index contributed by atoms with van der Waals surface area (Å²) in [5, 5.41) is 0. The van der Waals surface area contributed by atoms with E-state index in [1.165, 1.54) is 23.3 Å². The van der Waals surface area contributed by atoms with Crippen molar-refractivity contribution in [1.29, 1.82) is 0 Å². The van der Waals surface area contributed by atoms with Crippen LogP contribution in [0.15, 0.2) is 66.7 Å². The van der Waals surface area contributed by atoms with Gasteiger partial charge in [-0.15, -0.1) is 0 Å². The molecular formula is C30H32FNO4. The maximum absolute atomic E-state index is 13.3. The highest BCUT2D eigenvalue weighted by atomic mass is 19.1. The van der Waals surface area contributed by atoms with E-state index in [1.54, 1.807) is 19.2 Å². The highest BCUT2D eigenvalue weighted by Gasteiger charge is 2.25. The van der Waals surface area contributed by atoms with Gasteiger partial charge in [0.2, 0.25) is 5.91 Å². The van der Waals surface area contributed by atoms with Crippen molar-refractivity contribution in [2.24, 2.45) is 0 Å². The minimum absolute atomic E-state index is 0.0138. The fourth-order valence-corrected chi connectivity index (χ4v) is 5.09. The lowest BCUT2D eigenvalue weighted by molar-refractivity contribution is -0.132. The van der Waals surface area contributed by atoms with E-state index in [0.717, 1.165) is 43.4 Å². The van der Waals surface area contributed by atoms with Gasteiger partial charge in [-0.25, -0.2) is 4.39 Å².